The van der Waals surface area contributed by atoms with E-state index < -0.39 is 22.4 Å². The monoisotopic (exact) mass is 370 g/mol. The van der Waals surface area contributed by atoms with Crippen molar-refractivity contribution in [2.24, 2.45) is 0 Å². The fourth-order valence-corrected chi connectivity index (χ4v) is 3.35. The van der Waals surface area contributed by atoms with Crippen molar-refractivity contribution in [3.8, 4) is 0 Å². The summed E-state index contributed by atoms with van der Waals surface area (Å²) in [4.78, 5) is 24.1. The van der Waals surface area contributed by atoms with Crippen LogP contribution >= 0.6 is 0 Å². The Morgan fingerprint density at radius 3 is 2.73 bits per heavy atom. The quantitative estimate of drug-likeness (QED) is 0.509. The normalized spacial score (nSPS) is 12.1. The summed E-state index contributed by atoms with van der Waals surface area (Å²) in [5, 5.41) is 0.734. The Morgan fingerprint density at radius 1 is 1.15 bits per heavy atom. The largest absolute Gasteiger partial charge is 0.457 e. The molecule has 0 amide bonds. The van der Waals surface area contributed by atoms with Crippen LogP contribution in [0.15, 0.2) is 57.7 Å². The van der Waals surface area contributed by atoms with Gasteiger partial charge >= 0.3 is 11.6 Å². The van der Waals surface area contributed by atoms with Gasteiger partial charge in [-0.15, -0.1) is 0 Å². The zero-order chi connectivity index (χ0) is 18.7. The molecule has 1 aromatic heterocycles. The first-order chi connectivity index (χ1) is 12.4. The Labute approximate surface area is 153 Å². The minimum atomic E-state index is -0.989. The van der Waals surface area contributed by atoms with Crippen LogP contribution in [-0.2, 0) is 27.9 Å². The molecule has 0 fully saturated rings. The zero-order valence-electron chi connectivity index (χ0n) is 14.5. The average molecular weight is 370 g/mol. The van der Waals surface area contributed by atoms with Crippen molar-refractivity contribution in [1.82, 2.24) is 0 Å². The molecule has 0 spiro atoms. The van der Waals surface area contributed by atoms with Crippen LogP contribution in [0.5, 0.6) is 0 Å². The Morgan fingerprint density at radius 2 is 1.96 bits per heavy atom. The fourth-order valence-electron chi connectivity index (χ4n) is 2.71. The molecule has 3 aromatic rings. The Kier molecular flexibility index (Phi) is 5.32. The molecule has 0 saturated carbocycles. The summed E-state index contributed by atoms with van der Waals surface area (Å²) in [6.45, 7) is 1.87. The number of carbonyl (C=O) groups is 1. The molecule has 134 valence electrons. The van der Waals surface area contributed by atoms with Crippen LogP contribution in [0.1, 0.15) is 27.0 Å². The second-order valence-electron chi connectivity index (χ2n) is 6.08. The maximum Gasteiger partial charge on any atom is 0.338 e. The van der Waals surface area contributed by atoms with Crippen molar-refractivity contribution in [3.05, 3.63) is 81.2 Å². The van der Waals surface area contributed by atoms with Crippen LogP contribution in [0.2, 0.25) is 0 Å². The molecule has 0 aliphatic rings. The first-order valence-electron chi connectivity index (χ1n) is 8.02. The van der Waals surface area contributed by atoms with Gasteiger partial charge in [0.2, 0.25) is 0 Å². The first-order valence-corrected chi connectivity index (χ1v) is 9.74. The third kappa shape index (κ3) is 4.26. The van der Waals surface area contributed by atoms with E-state index in [2.05, 4.69) is 0 Å². The van der Waals surface area contributed by atoms with Gasteiger partial charge in [-0.3, -0.25) is 4.21 Å². The van der Waals surface area contributed by atoms with Gasteiger partial charge in [0.25, 0.3) is 0 Å². The van der Waals surface area contributed by atoms with Crippen molar-refractivity contribution >= 4 is 27.7 Å². The molecular weight excluding hydrogens is 352 g/mol. The maximum atomic E-state index is 12.3. The molecule has 0 bridgehead atoms. The predicted molar refractivity (Wildman–Crippen MR) is 101 cm³/mol. The lowest BCUT2D eigenvalue weighted by Gasteiger charge is -2.08. The fraction of sp³-hybridized carbons (Fsp3) is 0.200. The van der Waals surface area contributed by atoms with Crippen LogP contribution in [0, 0.1) is 6.92 Å². The number of benzene rings is 2. The van der Waals surface area contributed by atoms with Gasteiger partial charge in [0.1, 0.15) is 12.2 Å². The number of hydrogen-bond donors (Lipinski definition) is 0. The number of esters is 1. The number of ether oxygens (including phenoxy) is 1. The highest BCUT2D eigenvalue weighted by Gasteiger charge is 2.12. The molecule has 0 aliphatic carbocycles. The molecule has 1 atom stereocenters. The number of carbonyl (C=O) groups excluding carboxylic acids is 1. The summed E-state index contributed by atoms with van der Waals surface area (Å²) >= 11 is 0. The summed E-state index contributed by atoms with van der Waals surface area (Å²) in [5.74, 6) is -0.118. The van der Waals surface area contributed by atoms with Gasteiger partial charge in [-0.1, -0.05) is 24.3 Å². The minimum absolute atomic E-state index is 0.0338. The minimum Gasteiger partial charge on any atom is -0.457 e. The molecule has 1 unspecified atom stereocenters. The predicted octanol–water partition coefficient (Wildman–Crippen LogP) is 3.34. The van der Waals surface area contributed by atoms with E-state index in [1.165, 1.54) is 6.07 Å². The number of fused-ring (bicyclic) bond motifs is 1. The van der Waals surface area contributed by atoms with Crippen molar-refractivity contribution in [3.63, 3.8) is 0 Å². The van der Waals surface area contributed by atoms with Crippen LogP contribution in [0.25, 0.3) is 11.0 Å². The van der Waals surface area contributed by atoms with Crippen LogP contribution in [0.4, 0.5) is 0 Å². The van der Waals surface area contributed by atoms with E-state index in [-0.39, 0.29) is 6.61 Å². The lowest BCUT2D eigenvalue weighted by atomic mass is 10.1. The van der Waals surface area contributed by atoms with Crippen LogP contribution in [0.3, 0.4) is 0 Å². The van der Waals surface area contributed by atoms with E-state index in [4.69, 9.17) is 9.15 Å². The zero-order valence-corrected chi connectivity index (χ0v) is 15.3. The summed E-state index contributed by atoms with van der Waals surface area (Å²) < 4.78 is 21.9. The third-order valence-corrected chi connectivity index (χ3v) is 4.62. The molecule has 6 heteroatoms. The van der Waals surface area contributed by atoms with E-state index in [1.54, 1.807) is 30.5 Å². The molecule has 0 aliphatic heterocycles. The smallest absolute Gasteiger partial charge is 0.338 e. The average Bonchev–Trinajstić information content (AvgIpc) is 2.58. The Balaban J connectivity index is 1.81. The molecular formula is C20H18O5S. The van der Waals surface area contributed by atoms with Crippen molar-refractivity contribution in [1.29, 1.82) is 0 Å². The second kappa shape index (κ2) is 7.66. The highest BCUT2D eigenvalue weighted by atomic mass is 32.2. The summed E-state index contributed by atoms with van der Waals surface area (Å²) in [6.07, 6.45) is 1.61. The number of rotatable bonds is 5. The van der Waals surface area contributed by atoms with Crippen molar-refractivity contribution in [2.45, 2.75) is 19.3 Å². The van der Waals surface area contributed by atoms with E-state index in [0.29, 0.717) is 22.5 Å². The van der Waals surface area contributed by atoms with E-state index in [9.17, 15) is 13.8 Å². The summed E-state index contributed by atoms with van der Waals surface area (Å²) in [5.41, 5.74) is 2.74. The van der Waals surface area contributed by atoms with Crippen molar-refractivity contribution < 1.29 is 18.2 Å². The van der Waals surface area contributed by atoms with Gasteiger partial charge in [0, 0.05) is 39.8 Å². The molecule has 0 N–H and O–H groups in total. The Hall–Kier alpha value is -2.73. The summed E-state index contributed by atoms with van der Waals surface area (Å²) in [7, 11) is -0.989. The molecule has 2 aromatic carbocycles. The van der Waals surface area contributed by atoms with Gasteiger partial charge in [-0.2, -0.15) is 0 Å². The summed E-state index contributed by atoms with van der Waals surface area (Å²) in [6, 6.07) is 13.7. The van der Waals surface area contributed by atoms with E-state index in [0.717, 1.165) is 16.5 Å². The molecule has 5 nitrogen and oxygen atoms in total. The van der Waals surface area contributed by atoms with Crippen LogP contribution < -0.4 is 5.63 Å². The molecule has 26 heavy (non-hydrogen) atoms. The topological polar surface area (TPSA) is 73.6 Å². The highest BCUT2D eigenvalue weighted by molar-refractivity contribution is 7.83. The van der Waals surface area contributed by atoms with E-state index in [1.807, 2.05) is 25.1 Å². The molecule has 3 rings (SSSR count). The SMILES string of the molecule is Cc1ccc2c(COC(=O)c3cccc(CS(C)=O)c3)cc(=O)oc2c1. The van der Waals surface area contributed by atoms with Gasteiger partial charge in [-0.25, -0.2) is 9.59 Å². The van der Waals surface area contributed by atoms with Crippen molar-refractivity contribution in [2.75, 3.05) is 6.26 Å². The maximum absolute atomic E-state index is 12.3. The standard InChI is InChI=1S/C20H18O5S/c1-13-6-7-17-16(10-19(21)25-18(17)8-13)11-24-20(22)15-5-3-4-14(9-15)12-26(2)23/h3-10H,11-12H2,1-2H3. The number of aryl methyl sites for hydroxylation is 1. The van der Waals surface area contributed by atoms with Gasteiger partial charge < -0.3 is 9.15 Å². The van der Waals surface area contributed by atoms with Gasteiger partial charge in [-0.05, 0) is 36.2 Å². The first kappa shape index (κ1) is 18.1. The highest BCUT2D eigenvalue weighted by Crippen LogP contribution is 2.20. The Bertz CT molecular complexity index is 1050. The third-order valence-electron chi connectivity index (χ3n) is 3.88. The molecule has 0 radical (unpaired) electrons. The van der Waals surface area contributed by atoms with Gasteiger partial charge in [0.05, 0.1) is 5.56 Å². The van der Waals surface area contributed by atoms with E-state index >= 15 is 0 Å². The van der Waals surface area contributed by atoms with Gasteiger partial charge in [0.15, 0.2) is 0 Å². The lowest BCUT2D eigenvalue weighted by molar-refractivity contribution is 0.0473. The molecule has 0 saturated heterocycles. The lowest BCUT2D eigenvalue weighted by Crippen LogP contribution is -2.08. The second-order valence-corrected chi connectivity index (χ2v) is 7.52. The number of hydrogen-bond acceptors (Lipinski definition) is 5. The van der Waals surface area contributed by atoms with Crippen LogP contribution in [-0.4, -0.2) is 16.4 Å². The molecule has 1 heterocycles.